The van der Waals surface area contributed by atoms with Gasteiger partial charge in [0.1, 0.15) is 17.9 Å². The maximum absolute atomic E-state index is 9.57. The average Bonchev–Trinajstić information content (AvgIpc) is 2.49. The molecule has 0 aliphatic rings. The Kier molecular flexibility index (Phi) is 3.46. The second-order valence-electron chi connectivity index (χ2n) is 4.59. The molecule has 0 spiro atoms. The molecule has 20 heavy (non-hydrogen) atoms. The molecular weight excluding hydrogens is 250 g/mol. The minimum Gasteiger partial charge on any atom is -0.508 e. The first-order valence-electron chi connectivity index (χ1n) is 6.54. The number of benzene rings is 2. The van der Waals surface area contributed by atoms with Crippen LogP contribution in [0.1, 0.15) is 5.56 Å². The third-order valence-electron chi connectivity index (χ3n) is 3.17. The molecule has 4 nitrogen and oxygen atoms in total. The molecule has 0 bridgehead atoms. The quantitative estimate of drug-likeness (QED) is 0.761. The number of hydrogen-bond acceptors (Lipinski definition) is 4. The first-order chi connectivity index (χ1) is 9.83. The van der Waals surface area contributed by atoms with Crippen LogP contribution < -0.4 is 5.32 Å². The van der Waals surface area contributed by atoms with Crippen molar-refractivity contribution in [3.8, 4) is 5.75 Å². The average molecular weight is 265 g/mol. The van der Waals surface area contributed by atoms with E-state index in [0.29, 0.717) is 0 Å². The molecule has 0 aliphatic heterocycles. The molecule has 0 amide bonds. The summed E-state index contributed by atoms with van der Waals surface area (Å²) in [4.78, 5) is 8.43. The lowest BCUT2D eigenvalue weighted by Gasteiger charge is -2.08. The predicted molar refractivity (Wildman–Crippen MR) is 79.8 cm³/mol. The van der Waals surface area contributed by atoms with Crippen molar-refractivity contribution in [1.82, 2.24) is 9.97 Å². The third kappa shape index (κ3) is 2.69. The molecule has 2 aromatic carbocycles. The maximum atomic E-state index is 9.57. The Bertz CT molecular complexity index is 713. The number of aromatic nitrogens is 2. The topological polar surface area (TPSA) is 58.0 Å². The van der Waals surface area contributed by atoms with Gasteiger partial charge in [-0.1, -0.05) is 30.3 Å². The van der Waals surface area contributed by atoms with Crippen LogP contribution in [0, 0.1) is 0 Å². The Hall–Kier alpha value is -2.62. The summed E-state index contributed by atoms with van der Waals surface area (Å²) < 4.78 is 0. The predicted octanol–water partition coefficient (Wildman–Crippen LogP) is 2.99. The molecule has 3 rings (SSSR count). The minimum absolute atomic E-state index is 0.221. The second-order valence-corrected chi connectivity index (χ2v) is 4.59. The molecule has 2 N–H and O–H groups in total. The first-order valence-corrected chi connectivity index (χ1v) is 6.54. The van der Waals surface area contributed by atoms with Crippen LogP contribution >= 0.6 is 0 Å². The van der Waals surface area contributed by atoms with Crippen molar-refractivity contribution in [3.05, 3.63) is 60.4 Å². The van der Waals surface area contributed by atoms with E-state index >= 15 is 0 Å². The lowest BCUT2D eigenvalue weighted by Crippen LogP contribution is -2.07. The fourth-order valence-electron chi connectivity index (χ4n) is 2.16. The number of nitrogens with one attached hydrogen (secondary N) is 1. The zero-order chi connectivity index (χ0) is 13.8. The Balaban J connectivity index is 1.76. The maximum Gasteiger partial charge on any atom is 0.137 e. The summed E-state index contributed by atoms with van der Waals surface area (Å²) in [6, 6.07) is 15.4. The van der Waals surface area contributed by atoms with Crippen LogP contribution in [0.3, 0.4) is 0 Å². The highest BCUT2D eigenvalue weighted by atomic mass is 16.3. The smallest absolute Gasteiger partial charge is 0.137 e. The standard InChI is InChI=1S/C16H15N3O/c20-13-6-7-15-14(10-13)16(19-11-18-15)17-9-8-12-4-2-1-3-5-12/h1-7,10-11,20H,8-9H2,(H,17,18,19). The number of rotatable bonds is 4. The highest BCUT2D eigenvalue weighted by molar-refractivity contribution is 5.89. The van der Waals surface area contributed by atoms with E-state index in [-0.39, 0.29) is 5.75 Å². The summed E-state index contributed by atoms with van der Waals surface area (Å²) >= 11 is 0. The molecule has 1 aromatic heterocycles. The zero-order valence-corrected chi connectivity index (χ0v) is 11.0. The molecule has 1 heterocycles. The molecule has 0 fully saturated rings. The van der Waals surface area contributed by atoms with Crippen LogP contribution in [0.4, 0.5) is 5.82 Å². The number of hydrogen-bond donors (Lipinski definition) is 2. The number of anilines is 1. The first kappa shape index (κ1) is 12.4. The van der Waals surface area contributed by atoms with E-state index in [1.807, 2.05) is 18.2 Å². The summed E-state index contributed by atoms with van der Waals surface area (Å²) in [5, 5.41) is 13.7. The largest absolute Gasteiger partial charge is 0.508 e. The van der Waals surface area contributed by atoms with Gasteiger partial charge in [0, 0.05) is 11.9 Å². The number of phenols is 1. The van der Waals surface area contributed by atoms with Gasteiger partial charge in [0.05, 0.1) is 5.52 Å². The second kappa shape index (κ2) is 5.57. The number of nitrogens with zero attached hydrogens (tertiary/aromatic N) is 2. The fraction of sp³-hybridized carbons (Fsp3) is 0.125. The molecule has 0 saturated heterocycles. The van der Waals surface area contributed by atoms with Crippen molar-refractivity contribution in [3.63, 3.8) is 0 Å². The van der Waals surface area contributed by atoms with Gasteiger partial charge in [-0.25, -0.2) is 9.97 Å². The highest BCUT2D eigenvalue weighted by Crippen LogP contribution is 2.23. The Morgan fingerprint density at radius 3 is 2.70 bits per heavy atom. The van der Waals surface area contributed by atoms with E-state index < -0.39 is 0 Å². The van der Waals surface area contributed by atoms with Crippen LogP contribution in [0.15, 0.2) is 54.9 Å². The van der Waals surface area contributed by atoms with Crippen molar-refractivity contribution in [2.45, 2.75) is 6.42 Å². The van der Waals surface area contributed by atoms with Gasteiger partial charge >= 0.3 is 0 Å². The molecule has 0 aliphatic carbocycles. The number of fused-ring (bicyclic) bond motifs is 1. The molecule has 3 aromatic rings. The summed E-state index contributed by atoms with van der Waals surface area (Å²) in [5.74, 6) is 0.972. The van der Waals surface area contributed by atoms with Gasteiger partial charge in [-0.05, 0) is 30.2 Å². The van der Waals surface area contributed by atoms with Crippen molar-refractivity contribution in [2.24, 2.45) is 0 Å². The minimum atomic E-state index is 0.221. The van der Waals surface area contributed by atoms with E-state index in [2.05, 4.69) is 27.4 Å². The van der Waals surface area contributed by atoms with E-state index in [4.69, 9.17) is 0 Å². The van der Waals surface area contributed by atoms with Gasteiger partial charge in [0.15, 0.2) is 0 Å². The van der Waals surface area contributed by atoms with Crippen LogP contribution in [0.2, 0.25) is 0 Å². The van der Waals surface area contributed by atoms with Gasteiger partial charge in [-0.15, -0.1) is 0 Å². The Labute approximate surface area is 117 Å². The number of aromatic hydroxyl groups is 1. The molecule has 0 radical (unpaired) electrons. The van der Waals surface area contributed by atoms with Crippen LogP contribution in [0.5, 0.6) is 5.75 Å². The van der Waals surface area contributed by atoms with E-state index in [1.54, 1.807) is 18.2 Å². The summed E-state index contributed by atoms with van der Waals surface area (Å²) in [5.41, 5.74) is 2.10. The van der Waals surface area contributed by atoms with Gasteiger partial charge in [-0.2, -0.15) is 0 Å². The van der Waals surface area contributed by atoms with Crippen molar-refractivity contribution in [1.29, 1.82) is 0 Å². The van der Waals surface area contributed by atoms with Crippen molar-refractivity contribution >= 4 is 16.7 Å². The Morgan fingerprint density at radius 2 is 1.85 bits per heavy atom. The van der Waals surface area contributed by atoms with Gasteiger partial charge in [0.2, 0.25) is 0 Å². The molecule has 4 heteroatoms. The van der Waals surface area contributed by atoms with Crippen LogP contribution in [-0.2, 0) is 6.42 Å². The zero-order valence-electron chi connectivity index (χ0n) is 11.0. The third-order valence-corrected chi connectivity index (χ3v) is 3.17. The fourth-order valence-corrected chi connectivity index (χ4v) is 2.16. The van der Waals surface area contributed by atoms with E-state index in [0.717, 1.165) is 29.7 Å². The monoisotopic (exact) mass is 265 g/mol. The van der Waals surface area contributed by atoms with Gasteiger partial charge in [0.25, 0.3) is 0 Å². The van der Waals surface area contributed by atoms with E-state index in [1.165, 1.54) is 11.9 Å². The summed E-state index contributed by atoms with van der Waals surface area (Å²) in [6.07, 6.45) is 2.45. The van der Waals surface area contributed by atoms with Gasteiger partial charge in [-0.3, -0.25) is 0 Å². The molecule has 0 saturated carbocycles. The molecular formula is C16H15N3O. The van der Waals surface area contributed by atoms with Crippen LogP contribution in [0.25, 0.3) is 10.9 Å². The lowest BCUT2D eigenvalue weighted by molar-refractivity contribution is 0.476. The van der Waals surface area contributed by atoms with Crippen molar-refractivity contribution in [2.75, 3.05) is 11.9 Å². The summed E-state index contributed by atoms with van der Waals surface area (Å²) in [6.45, 7) is 0.784. The molecule has 0 atom stereocenters. The van der Waals surface area contributed by atoms with Gasteiger partial charge < -0.3 is 10.4 Å². The lowest BCUT2D eigenvalue weighted by atomic mass is 10.1. The normalized spacial score (nSPS) is 10.6. The highest BCUT2D eigenvalue weighted by Gasteiger charge is 2.04. The molecule has 0 unspecified atom stereocenters. The SMILES string of the molecule is Oc1ccc2ncnc(NCCc3ccccc3)c2c1. The Morgan fingerprint density at radius 1 is 1.00 bits per heavy atom. The van der Waals surface area contributed by atoms with E-state index in [9.17, 15) is 5.11 Å². The summed E-state index contributed by atoms with van der Waals surface area (Å²) in [7, 11) is 0. The van der Waals surface area contributed by atoms with Crippen molar-refractivity contribution < 1.29 is 5.11 Å². The molecule has 100 valence electrons. The van der Waals surface area contributed by atoms with Crippen LogP contribution in [-0.4, -0.2) is 21.6 Å². The number of phenolic OH excluding ortho intramolecular Hbond substituents is 1.